The molecular formula is C10H10F5NO. The van der Waals surface area contributed by atoms with E-state index in [0.29, 0.717) is 0 Å². The maximum atomic E-state index is 12.3. The van der Waals surface area contributed by atoms with E-state index in [-0.39, 0.29) is 17.9 Å². The summed E-state index contributed by atoms with van der Waals surface area (Å²) in [4.78, 5) is 0. The van der Waals surface area contributed by atoms with Gasteiger partial charge in [0.1, 0.15) is 12.4 Å². The van der Waals surface area contributed by atoms with Crippen molar-refractivity contribution in [1.82, 2.24) is 0 Å². The summed E-state index contributed by atoms with van der Waals surface area (Å²) in [6.07, 6.45) is -7.19. The van der Waals surface area contributed by atoms with Crippen molar-refractivity contribution in [2.24, 2.45) is 5.73 Å². The predicted molar refractivity (Wildman–Crippen MR) is 50.8 cm³/mol. The molecule has 0 unspecified atom stereocenters. The highest BCUT2D eigenvalue weighted by molar-refractivity contribution is 5.38. The van der Waals surface area contributed by atoms with Crippen LogP contribution in [0, 0.1) is 0 Å². The summed E-state index contributed by atoms with van der Waals surface area (Å²) < 4.78 is 65.5. The minimum atomic E-state index is -4.49. The average Bonchev–Trinajstić information content (AvgIpc) is 2.24. The molecule has 0 saturated heterocycles. The van der Waals surface area contributed by atoms with E-state index >= 15 is 0 Å². The molecule has 0 bridgehead atoms. The van der Waals surface area contributed by atoms with E-state index in [1.807, 2.05) is 0 Å². The fourth-order valence-electron chi connectivity index (χ4n) is 1.21. The van der Waals surface area contributed by atoms with Crippen LogP contribution in [0.1, 0.15) is 11.1 Å². The normalized spacial score (nSPS) is 11.9. The highest BCUT2D eigenvalue weighted by Gasteiger charge is 2.31. The summed E-state index contributed by atoms with van der Waals surface area (Å²) in [6.45, 7) is -1.10. The van der Waals surface area contributed by atoms with Crippen LogP contribution in [0.15, 0.2) is 18.2 Å². The topological polar surface area (TPSA) is 35.2 Å². The number of ether oxygens (including phenoxy) is 1. The van der Waals surface area contributed by atoms with E-state index < -0.39 is 24.8 Å². The van der Waals surface area contributed by atoms with Crippen LogP contribution >= 0.6 is 0 Å². The van der Waals surface area contributed by atoms with Gasteiger partial charge in [-0.1, -0.05) is 0 Å². The van der Waals surface area contributed by atoms with Gasteiger partial charge in [0.25, 0.3) is 6.43 Å². The third kappa shape index (κ3) is 3.85. The van der Waals surface area contributed by atoms with Crippen molar-refractivity contribution >= 4 is 0 Å². The molecule has 0 spiro atoms. The molecule has 0 atom stereocenters. The van der Waals surface area contributed by atoms with E-state index in [1.165, 1.54) is 0 Å². The zero-order valence-electron chi connectivity index (χ0n) is 8.60. The molecule has 0 aliphatic heterocycles. The zero-order chi connectivity index (χ0) is 13.1. The van der Waals surface area contributed by atoms with Crippen LogP contribution in [-0.4, -0.2) is 13.0 Å². The second-order valence-corrected chi connectivity index (χ2v) is 3.23. The maximum absolute atomic E-state index is 12.3. The summed E-state index contributed by atoms with van der Waals surface area (Å²) in [5.74, 6) is -0.0548. The van der Waals surface area contributed by atoms with Crippen LogP contribution in [0.2, 0.25) is 0 Å². The van der Waals surface area contributed by atoms with Gasteiger partial charge in [-0.05, 0) is 18.2 Å². The van der Waals surface area contributed by atoms with Crippen molar-refractivity contribution in [2.75, 3.05) is 6.61 Å². The molecule has 2 N–H and O–H groups in total. The Bertz CT molecular complexity index is 377. The largest absolute Gasteiger partial charge is 0.487 e. The first-order chi connectivity index (χ1) is 7.84. The van der Waals surface area contributed by atoms with Gasteiger partial charge < -0.3 is 10.5 Å². The highest BCUT2D eigenvalue weighted by Crippen LogP contribution is 2.32. The van der Waals surface area contributed by atoms with Crippen LogP contribution in [0.3, 0.4) is 0 Å². The van der Waals surface area contributed by atoms with E-state index in [2.05, 4.69) is 4.74 Å². The number of alkyl halides is 5. The summed E-state index contributed by atoms with van der Waals surface area (Å²) in [7, 11) is 0. The van der Waals surface area contributed by atoms with Crippen LogP contribution in [0.25, 0.3) is 0 Å². The molecule has 7 heteroatoms. The molecule has 1 rings (SSSR count). The van der Waals surface area contributed by atoms with Crippen molar-refractivity contribution in [3.63, 3.8) is 0 Å². The standard InChI is InChI=1S/C10H10F5NO/c11-9(12)5-17-8-2-1-7(10(13,14)15)3-6(8)4-16/h1-3,9H,4-5,16H2. The van der Waals surface area contributed by atoms with Gasteiger partial charge in [-0.3, -0.25) is 0 Å². The lowest BCUT2D eigenvalue weighted by atomic mass is 10.1. The molecular weight excluding hydrogens is 245 g/mol. The lowest BCUT2D eigenvalue weighted by molar-refractivity contribution is -0.137. The van der Waals surface area contributed by atoms with Gasteiger partial charge >= 0.3 is 6.18 Å². The number of hydrogen-bond acceptors (Lipinski definition) is 2. The Morgan fingerprint density at radius 3 is 2.35 bits per heavy atom. The molecule has 0 aliphatic rings. The lowest BCUT2D eigenvalue weighted by Gasteiger charge is -2.13. The van der Waals surface area contributed by atoms with Crippen LogP contribution in [0.4, 0.5) is 22.0 Å². The van der Waals surface area contributed by atoms with Gasteiger partial charge in [-0.2, -0.15) is 13.2 Å². The van der Waals surface area contributed by atoms with Gasteiger partial charge in [0.05, 0.1) is 5.56 Å². The number of hydrogen-bond donors (Lipinski definition) is 1. The fraction of sp³-hybridized carbons (Fsp3) is 0.400. The van der Waals surface area contributed by atoms with E-state index in [0.717, 1.165) is 18.2 Å². The first kappa shape index (κ1) is 13.7. The van der Waals surface area contributed by atoms with Crippen molar-refractivity contribution < 1.29 is 26.7 Å². The van der Waals surface area contributed by atoms with Crippen molar-refractivity contribution in [3.8, 4) is 5.75 Å². The Kier molecular flexibility index (Phi) is 4.28. The van der Waals surface area contributed by atoms with Crippen LogP contribution < -0.4 is 10.5 Å². The minimum absolute atomic E-state index is 0.0421. The Hall–Kier alpha value is -1.37. The number of nitrogens with two attached hydrogens (primary N) is 1. The summed E-state index contributed by atoms with van der Waals surface area (Å²) >= 11 is 0. The lowest BCUT2D eigenvalue weighted by Crippen LogP contribution is -2.12. The molecule has 2 nitrogen and oxygen atoms in total. The van der Waals surface area contributed by atoms with Gasteiger partial charge in [0.15, 0.2) is 0 Å². The monoisotopic (exact) mass is 255 g/mol. The summed E-state index contributed by atoms with van der Waals surface area (Å²) in [5.41, 5.74) is 4.39. The Morgan fingerprint density at radius 1 is 1.24 bits per heavy atom. The second-order valence-electron chi connectivity index (χ2n) is 3.23. The molecule has 0 amide bonds. The zero-order valence-corrected chi connectivity index (χ0v) is 8.60. The average molecular weight is 255 g/mol. The van der Waals surface area contributed by atoms with Crippen molar-refractivity contribution in [2.45, 2.75) is 19.1 Å². The van der Waals surface area contributed by atoms with Crippen LogP contribution in [-0.2, 0) is 12.7 Å². The molecule has 96 valence electrons. The van der Waals surface area contributed by atoms with Gasteiger partial charge in [0, 0.05) is 12.1 Å². The van der Waals surface area contributed by atoms with Crippen molar-refractivity contribution in [1.29, 1.82) is 0 Å². The third-order valence-electron chi connectivity index (χ3n) is 1.97. The highest BCUT2D eigenvalue weighted by atomic mass is 19.4. The fourth-order valence-corrected chi connectivity index (χ4v) is 1.21. The van der Waals surface area contributed by atoms with Gasteiger partial charge in [0.2, 0.25) is 0 Å². The third-order valence-corrected chi connectivity index (χ3v) is 1.97. The maximum Gasteiger partial charge on any atom is 0.416 e. The van der Waals surface area contributed by atoms with Crippen LogP contribution in [0.5, 0.6) is 5.75 Å². The first-order valence-corrected chi connectivity index (χ1v) is 4.65. The quantitative estimate of drug-likeness (QED) is 0.839. The van der Waals surface area contributed by atoms with Gasteiger partial charge in [-0.15, -0.1) is 0 Å². The summed E-state index contributed by atoms with van der Waals surface area (Å²) in [6, 6.07) is 2.55. The number of benzene rings is 1. The molecule has 1 aromatic rings. The minimum Gasteiger partial charge on any atom is -0.487 e. The number of halogens is 5. The molecule has 1 aromatic carbocycles. The molecule has 0 saturated carbocycles. The van der Waals surface area contributed by atoms with Crippen molar-refractivity contribution in [3.05, 3.63) is 29.3 Å². The molecule has 17 heavy (non-hydrogen) atoms. The molecule has 0 aromatic heterocycles. The molecule has 0 heterocycles. The van der Waals surface area contributed by atoms with E-state index in [1.54, 1.807) is 0 Å². The SMILES string of the molecule is NCc1cc(C(F)(F)F)ccc1OCC(F)F. The smallest absolute Gasteiger partial charge is 0.416 e. The second kappa shape index (κ2) is 5.31. The number of rotatable bonds is 4. The Morgan fingerprint density at radius 2 is 1.88 bits per heavy atom. The van der Waals surface area contributed by atoms with Gasteiger partial charge in [-0.25, -0.2) is 8.78 Å². The molecule has 0 fully saturated rings. The van der Waals surface area contributed by atoms with E-state index in [4.69, 9.17) is 5.73 Å². The Labute approximate surface area is 94.2 Å². The molecule has 0 radical (unpaired) electrons. The molecule has 0 aliphatic carbocycles. The Balaban J connectivity index is 2.93. The van der Waals surface area contributed by atoms with E-state index in [9.17, 15) is 22.0 Å². The first-order valence-electron chi connectivity index (χ1n) is 4.65. The summed E-state index contributed by atoms with van der Waals surface area (Å²) in [5, 5.41) is 0. The predicted octanol–water partition coefficient (Wildman–Crippen LogP) is 2.81.